The van der Waals surface area contributed by atoms with E-state index >= 15 is 0 Å². The van der Waals surface area contributed by atoms with Gasteiger partial charge in [-0.3, -0.25) is 9.79 Å². The van der Waals surface area contributed by atoms with Crippen molar-refractivity contribution in [3.8, 4) is 0 Å². The number of nitrogens with zero attached hydrogens (tertiary/aromatic N) is 2. The average molecular weight is 390 g/mol. The summed E-state index contributed by atoms with van der Waals surface area (Å²) in [6.45, 7) is 0. The number of para-hydroxylation sites is 1. The summed E-state index contributed by atoms with van der Waals surface area (Å²) in [6, 6.07) is 9.07. The van der Waals surface area contributed by atoms with Crippen molar-refractivity contribution >= 4 is 45.0 Å². The van der Waals surface area contributed by atoms with Crippen LogP contribution in [-0.4, -0.2) is 49.8 Å². The van der Waals surface area contributed by atoms with Gasteiger partial charge in [0.15, 0.2) is 10.3 Å². The third kappa shape index (κ3) is 3.48. The Morgan fingerprint density at radius 1 is 1.23 bits per heavy atom. The van der Waals surface area contributed by atoms with Gasteiger partial charge in [0.2, 0.25) is 5.91 Å². The van der Waals surface area contributed by atoms with Gasteiger partial charge >= 0.3 is 0 Å². The predicted molar refractivity (Wildman–Crippen MR) is 104 cm³/mol. The number of anilines is 2. The predicted octanol–water partition coefficient (Wildman–Crippen LogP) is 1.78. The van der Waals surface area contributed by atoms with Gasteiger partial charge in [0.1, 0.15) is 6.10 Å². The van der Waals surface area contributed by atoms with Crippen LogP contribution >= 0.6 is 23.1 Å². The maximum absolute atomic E-state index is 12.7. The highest BCUT2D eigenvalue weighted by Crippen LogP contribution is 2.41. The largest absolute Gasteiger partial charge is 0.390 e. The molecule has 1 saturated carbocycles. The Morgan fingerprint density at radius 3 is 2.77 bits per heavy atom. The number of hydrogen-bond acceptors (Lipinski definition) is 8. The Hall–Kier alpha value is -1.94. The van der Waals surface area contributed by atoms with Crippen molar-refractivity contribution in [3.63, 3.8) is 0 Å². The van der Waals surface area contributed by atoms with Crippen molar-refractivity contribution in [1.29, 1.82) is 0 Å². The van der Waals surface area contributed by atoms with Crippen LogP contribution in [0.3, 0.4) is 0 Å². The first-order valence-electron chi connectivity index (χ1n) is 8.25. The van der Waals surface area contributed by atoms with E-state index in [1.807, 2.05) is 30.3 Å². The van der Waals surface area contributed by atoms with Crippen LogP contribution in [0.4, 0.5) is 10.8 Å². The molecular formula is C17H18N4O3S2. The highest BCUT2D eigenvalue weighted by Gasteiger charge is 2.50. The van der Waals surface area contributed by atoms with Crippen LogP contribution in [0.15, 0.2) is 46.9 Å². The van der Waals surface area contributed by atoms with Gasteiger partial charge in [0, 0.05) is 22.5 Å². The SMILES string of the molecule is O=C(Nc1nccs1)[C@H]1C[C@@H](O)[C@H](O)[C@H]2N=C(Nc3ccccc3)S[C@@H]21. The molecule has 7 nitrogen and oxygen atoms in total. The normalized spacial score (nSPS) is 30.4. The second-order valence-electron chi connectivity index (χ2n) is 6.22. The Bertz CT molecular complexity index is 800. The lowest BCUT2D eigenvalue weighted by Crippen LogP contribution is -2.52. The first kappa shape index (κ1) is 17.5. The van der Waals surface area contributed by atoms with Gasteiger partial charge in [-0.05, 0) is 18.6 Å². The van der Waals surface area contributed by atoms with Gasteiger partial charge in [-0.15, -0.1) is 11.3 Å². The average Bonchev–Trinajstić information content (AvgIpc) is 3.29. The zero-order valence-electron chi connectivity index (χ0n) is 13.6. The number of nitrogens with one attached hydrogen (secondary N) is 2. The molecule has 5 atom stereocenters. The van der Waals surface area contributed by atoms with E-state index < -0.39 is 24.2 Å². The summed E-state index contributed by atoms with van der Waals surface area (Å²) in [6.07, 6.45) is -0.145. The van der Waals surface area contributed by atoms with Crippen molar-refractivity contribution in [3.05, 3.63) is 41.9 Å². The van der Waals surface area contributed by atoms with Crippen molar-refractivity contribution in [2.24, 2.45) is 10.9 Å². The van der Waals surface area contributed by atoms with Gasteiger partial charge < -0.3 is 20.8 Å². The zero-order valence-corrected chi connectivity index (χ0v) is 15.3. The standard InChI is InChI=1S/C17H18N4O3S2/c22-11-8-10(15(24)21-16-18-6-7-25-16)14-12(13(11)23)20-17(26-14)19-9-4-2-1-3-5-9/h1-7,10-14,22-23H,8H2,(H,19,20)(H,18,21,24)/t10-,11+,12+,13-,14+/m0/s1. The van der Waals surface area contributed by atoms with Crippen LogP contribution in [-0.2, 0) is 4.79 Å². The number of carbonyl (C=O) groups is 1. The van der Waals surface area contributed by atoms with E-state index in [4.69, 9.17) is 0 Å². The molecule has 1 amide bonds. The minimum Gasteiger partial charge on any atom is -0.390 e. The number of aliphatic hydroxyl groups is 2. The molecule has 1 aromatic heterocycles. The molecular weight excluding hydrogens is 372 g/mol. The molecule has 4 N–H and O–H groups in total. The van der Waals surface area contributed by atoms with E-state index in [9.17, 15) is 15.0 Å². The number of aliphatic hydroxyl groups excluding tert-OH is 2. The fourth-order valence-corrected chi connectivity index (χ4v) is 5.15. The number of amidine groups is 1. The third-order valence-corrected chi connectivity index (χ3v) is 6.51. The Morgan fingerprint density at radius 2 is 2.04 bits per heavy atom. The summed E-state index contributed by atoms with van der Waals surface area (Å²) in [7, 11) is 0. The molecule has 0 saturated heterocycles. The molecule has 1 aliphatic carbocycles. The lowest BCUT2D eigenvalue weighted by molar-refractivity contribution is -0.124. The van der Waals surface area contributed by atoms with Crippen molar-refractivity contribution < 1.29 is 15.0 Å². The minimum absolute atomic E-state index is 0.195. The smallest absolute Gasteiger partial charge is 0.230 e. The summed E-state index contributed by atoms with van der Waals surface area (Å²) in [5.74, 6) is -0.671. The first-order chi connectivity index (χ1) is 12.6. The van der Waals surface area contributed by atoms with Gasteiger partial charge in [-0.2, -0.15) is 0 Å². The molecule has 4 rings (SSSR count). The quantitative estimate of drug-likeness (QED) is 0.636. The maximum atomic E-state index is 12.7. The van der Waals surface area contributed by atoms with Crippen LogP contribution in [0.2, 0.25) is 0 Å². The van der Waals surface area contributed by atoms with E-state index in [0.717, 1.165) is 5.69 Å². The van der Waals surface area contributed by atoms with Crippen LogP contribution in [0.5, 0.6) is 0 Å². The molecule has 2 aromatic rings. The molecule has 136 valence electrons. The topological polar surface area (TPSA) is 107 Å². The lowest BCUT2D eigenvalue weighted by Gasteiger charge is -2.37. The van der Waals surface area contributed by atoms with E-state index in [2.05, 4.69) is 20.6 Å². The van der Waals surface area contributed by atoms with Crippen LogP contribution < -0.4 is 10.6 Å². The first-order valence-corrected chi connectivity index (χ1v) is 10.0. The van der Waals surface area contributed by atoms with Gasteiger partial charge in [-0.1, -0.05) is 30.0 Å². The van der Waals surface area contributed by atoms with Gasteiger partial charge in [0.25, 0.3) is 0 Å². The van der Waals surface area contributed by atoms with Gasteiger partial charge in [0.05, 0.1) is 18.1 Å². The summed E-state index contributed by atoms with van der Waals surface area (Å²) in [5.41, 5.74) is 0.885. The van der Waals surface area contributed by atoms with Crippen molar-refractivity contribution in [2.45, 2.75) is 29.9 Å². The molecule has 1 aliphatic heterocycles. The number of amides is 1. The number of thioether (sulfide) groups is 1. The Kier molecular flexibility index (Phi) is 4.94. The Balaban J connectivity index is 1.51. The second kappa shape index (κ2) is 7.36. The van der Waals surface area contributed by atoms with Crippen molar-refractivity contribution in [2.75, 3.05) is 10.6 Å². The lowest BCUT2D eigenvalue weighted by atomic mass is 9.81. The minimum atomic E-state index is -0.983. The number of rotatable bonds is 3. The molecule has 1 aromatic carbocycles. The molecule has 26 heavy (non-hydrogen) atoms. The van der Waals surface area contributed by atoms with Crippen LogP contribution in [0.25, 0.3) is 0 Å². The maximum Gasteiger partial charge on any atom is 0.230 e. The number of fused-ring (bicyclic) bond motifs is 1. The molecule has 2 heterocycles. The molecule has 0 radical (unpaired) electrons. The summed E-state index contributed by atoms with van der Waals surface area (Å²) in [4.78, 5) is 21.3. The van der Waals surface area contributed by atoms with E-state index in [1.54, 1.807) is 11.6 Å². The zero-order chi connectivity index (χ0) is 18.1. The van der Waals surface area contributed by atoms with Gasteiger partial charge in [-0.25, -0.2) is 4.98 Å². The summed E-state index contributed by atoms with van der Waals surface area (Å²) in [5, 5.41) is 29.3. The van der Waals surface area contributed by atoms with E-state index in [0.29, 0.717) is 10.3 Å². The fourth-order valence-electron chi connectivity index (χ4n) is 3.24. The Labute approximate surface area is 158 Å². The van der Waals surface area contributed by atoms with E-state index in [-0.39, 0.29) is 17.6 Å². The fraction of sp³-hybridized carbons (Fsp3) is 0.353. The highest BCUT2D eigenvalue weighted by atomic mass is 32.2. The number of aromatic nitrogens is 1. The molecule has 0 unspecified atom stereocenters. The van der Waals surface area contributed by atoms with Crippen LogP contribution in [0.1, 0.15) is 6.42 Å². The third-order valence-electron chi connectivity index (χ3n) is 4.51. The molecule has 2 aliphatic rings. The van der Waals surface area contributed by atoms with Crippen molar-refractivity contribution in [1.82, 2.24) is 4.98 Å². The number of carbonyl (C=O) groups excluding carboxylic acids is 1. The van der Waals surface area contributed by atoms with E-state index in [1.165, 1.54) is 23.1 Å². The number of thiazole rings is 1. The number of aliphatic imine (C=N–C) groups is 1. The molecule has 0 spiro atoms. The molecule has 1 fully saturated rings. The summed E-state index contributed by atoms with van der Waals surface area (Å²) < 4.78 is 0. The molecule has 9 heteroatoms. The molecule has 0 bridgehead atoms. The highest BCUT2D eigenvalue weighted by molar-refractivity contribution is 8.15. The summed E-state index contributed by atoms with van der Waals surface area (Å²) >= 11 is 2.78. The van der Waals surface area contributed by atoms with Crippen LogP contribution in [0, 0.1) is 5.92 Å². The number of benzene rings is 1. The monoisotopic (exact) mass is 390 g/mol. The number of hydrogen-bond donors (Lipinski definition) is 4. The second-order valence-corrected chi connectivity index (χ2v) is 8.29.